The molecule has 0 bridgehead atoms. The lowest BCUT2D eigenvalue weighted by molar-refractivity contribution is -0.0500. The molecule has 7 nitrogen and oxygen atoms in total. The molecule has 0 saturated heterocycles. The Balaban J connectivity index is 1.98. The van der Waals surface area contributed by atoms with Gasteiger partial charge >= 0.3 is 15.6 Å². The van der Waals surface area contributed by atoms with Crippen molar-refractivity contribution in [3.05, 3.63) is 64.7 Å². The van der Waals surface area contributed by atoms with Crippen molar-refractivity contribution in [3.63, 3.8) is 0 Å². The Kier molecular flexibility index (Phi) is 7.11. The lowest BCUT2D eigenvalue weighted by Gasteiger charge is -2.16. The highest BCUT2D eigenvalue weighted by molar-refractivity contribution is 7.88. The van der Waals surface area contributed by atoms with Gasteiger partial charge in [-0.15, -0.1) is 10.2 Å². The maximum Gasteiger partial charge on any atom is 0.534 e. The summed E-state index contributed by atoms with van der Waals surface area (Å²) in [6.45, 7) is 0. The third-order valence-corrected chi connectivity index (χ3v) is 5.76. The van der Waals surface area contributed by atoms with Gasteiger partial charge < -0.3 is 4.18 Å². The monoisotopic (exact) mass is 489 g/mol. The van der Waals surface area contributed by atoms with Crippen molar-refractivity contribution in [2.45, 2.75) is 18.3 Å². The molecule has 0 aromatic heterocycles. The molecule has 12 heteroatoms. The number of alkyl halides is 3. The average Bonchev–Trinajstić information content (AvgIpc) is 3.56. The topological polar surface area (TPSA) is 80.6 Å². The van der Waals surface area contributed by atoms with Gasteiger partial charge in [-0.1, -0.05) is 23.7 Å². The van der Waals surface area contributed by atoms with E-state index in [9.17, 15) is 21.6 Å². The van der Waals surface area contributed by atoms with Crippen LogP contribution in [0.4, 0.5) is 13.2 Å². The molecule has 1 fully saturated rings. The molecule has 2 aromatic rings. The minimum Gasteiger partial charge on any atom is -0.376 e. The third-order valence-electron chi connectivity index (χ3n) is 4.53. The van der Waals surface area contributed by atoms with Gasteiger partial charge in [0.25, 0.3) is 0 Å². The summed E-state index contributed by atoms with van der Waals surface area (Å²) in [5, 5.41) is 10.7. The third kappa shape index (κ3) is 5.78. The molecular weight excluding hydrogens is 471 g/mol. The Morgan fingerprint density at radius 3 is 2.03 bits per heavy atom. The van der Waals surface area contributed by atoms with E-state index in [4.69, 9.17) is 16.4 Å². The van der Waals surface area contributed by atoms with Crippen molar-refractivity contribution in [1.82, 2.24) is 5.06 Å². The fourth-order valence-electron chi connectivity index (χ4n) is 2.67. The molecule has 0 aliphatic heterocycles. The lowest BCUT2D eigenvalue weighted by Crippen LogP contribution is -2.28. The largest absolute Gasteiger partial charge is 0.534 e. The maximum absolute atomic E-state index is 12.5. The number of amidine groups is 1. The van der Waals surface area contributed by atoms with Crippen LogP contribution in [-0.4, -0.2) is 44.7 Å². The summed E-state index contributed by atoms with van der Waals surface area (Å²) in [5.41, 5.74) is -4.01. The first-order valence-electron chi connectivity index (χ1n) is 9.32. The number of benzene rings is 2. The predicted molar refractivity (Wildman–Crippen MR) is 114 cm³/mol. The van der Waals surface area contributed by atoms with Crippen molar-refractivity contribution < 1.29 is 30.6 Å². The van der Waals surface area contributed by atoms with E-state index < -0.39 is 21.4 Å². The van der Waals surface area contributed by atoms with Crippen molar-refractivity contribution in [2.24, 2.45) is 16.1 Å². The first-order chi connectivity index (χ1) is 15.0. The van der Waals surface area contributed by atoms with E-state index in [1.165, 1.54) is 24.3 Å². The molecule has 0 radical (unpaired) electrons. The minimum absolute atomic E-state index is 0.221. The highest BCUT2D eigenvalue weighted by atomic mass is 35.5. The Labute approximate surface area is 188 Å². The number of rotatable bonds is 7. The van der Waals surface area contributed by atoms with Crippen LogP contribution in [0.2, 0.25) is 5.02 Å². The Bertz CT molecular complexity index is 1110. The van der Waals surface area contributed by atoms with E-state index in [0.717, 1.165) is 25.0 Å². The molecule has 172 valence electrons. The molecule has 0 atom stereocenters. The summed E-state index contributed by atoms with van der Waals surface area (Å²) in [4.78, 5) is 5.21. The van der Waals surface area contributed by atoms with Crippen molar-refractivity contribution >= 4 is 33.3 Å². The molecule has 3 rings (SSSR count). The van der Waals surface area contributed by atoms with Gasteiger partial charge in [-0.2, -0.15) is 21.6 Å². The average molecular weight is 490 g/mol. The molecule has 0 heterocycles. The zero-order valence-corrected chi connectivity index (χ0v) is 18.6. The number of hydrogen-bond donors (Lipinski definition) is 0. The van der Waals surface area contributed by atoms with E-state index in [-0.39, 0.29) is 5.92 Å². The molecule has 1 aliphatic carbocycles. The van der Waals surface area contributed by atoms with Crippen molar-refractivity contribution in [2.75, 3.05) is 14.2 Å². The number of halogens is 4. The minimum atomic E-state index is -5.76. The molecule has 2 aromatic carbocycles. The summed E-state index contributed by atoms with van der Waals surface area (Å²) in [6.07, 6.45) is 1.91. The van der Waals surface area contributed by atoms with Crippen LogP contribution in [0.3, 0.4) is 0 Å². The van der Waals surface area contributed by atoms with Gasteiger partial charge in [0.2, 0.25) is 0 Å². The lowest BCUT2D eigenvalue weighted by atomic mass is 10.0. The SMILES string of the molecule is CON(C)C(=NN=C(c1ccc(Cl)cc1)c1ccc(OS(=O)(=O)C(F)(F)F)cc1)C1CC1. The van der Waals surface area contributed by atoms with E-state index in [1.807, 2.05) is 0 Å². The van der Waals surface area contributed by atoms with Gasteiger partial charge in [-0.3, -0.25) is 4.84 Å². The van der Waals surface area contributed by atoms with Crippen LogP contribution in [-0.2, 0) is 15.0 Å². The standard InChI is InChI=1S/C20H19ClF3N3O4S/c1-27(30-2)19(15-3-4-15)26-25-18(13-5-9-16(21)10-6-13)14-7-11-17(12-8-14)31-32(28,29)20(22,23)24/h5-12,15H,3-4H2,1-2H3. The number of nitrogens with zero attached hydrogens (tertiary/aromatic N) is 3. The zero-order chi connectivity index (χ0) is 23.5. The molecule has 0 amide bonds. The Morgan fingerprint density at radius 2 is 1.56 bits per heavy atom. The normalized spacial score (nSPS) is 15.6. The Morgan fingerprint density at radius 1 is 1.03 bits per heavy atom. The van der Waals surface area contributed by atoms with E-state index in [2.05, 4.69) is 14.4 Å². The Hall–Kier alpha value is -2.63. The molecule has 0 unspecified atom stereocenters. The first-order valence-corrected chi connectivity index (χ1v) is 11.1. The second kappa shape index (κ2) is 9.47. The van der Waals surface area contributed by atoms with Gasteiger partial charge in [0, 0.05) is 29.1 Å². The highest BCUT2D eigenvalue weighted by Crippen LogP contribution is 2.32. The van der Waals surface area contributed by atoms with Gasteiger partial charge in [0.15, 0.2) is 5.84 Å². The van der Waals surface area contributed by atoms with Crippen LogP contribution in [0.15, 0.2) is 58.7 Å². The maximum atomic E-state index is 12.5. The molecule has 0 spiro atoms. The fourth-order valence-corrected chi connectivity index (χ4v) is 3.26. The number of hydrogen-bond acceptors (Lipinski definition) is 6. The van der Waals surface area contributed by atoms with E-state index >= 15 is 0 Å². The summed E-state index contributed by atoms with van der Waals surface area (Å²) >= 11 is 5.96. The van der Waals surface area contributed by atoms with Gasteiger partial charge in [-0.05, 0) is 49.2 Å². The fraction of sp³-hybridized carbons (Fsp3) is 0.300. The zero-order valence-electron chi connectivity index (χ0n) is 17.0. The molecule has 0 N–H and O–H groups in total. The molecular formula is C20H19ClF3N3O4S. The van der Waals surface area contributed by atoms with Crippen molar-refractivity contribution in [1.29, 1.82) is 0 Å². The summed E-state index contributed by atoms with van der Waals surface area (Å²) in [7, 11) is -2.54. The van der Waals surface area contributed by atoms with Gasteiger partial charge in [0.1, 0.15) is 11.5 Å². The van der Waals surface area contributed by atoms with Crippen LogP contribution in [0, 0.1) is 5.92 Å². The summed E-state index contributed by atoms with van der Waals surface area (Å²) in [6, 6.07) is 11.7. The summed E-state index contributed by atoms with van der Waals surface area (Å²) in [5.74, 6) is 0.372. The first kappa shape index (κ1) is 24.0. The molecule has 32 heavy (non-hydrogen) atoms. The van der Waals surface area contributed by atoms with Crippen LogP contribution >= 0.6 is 11.6 Å². The second-order valence-electron chi connectivity index (χ2n) is 6.88. The van der Waals surface area contributed by atoms with Crippen LogP contribution in [0.25, 0.3) is 0 Å². The van der Waals surface area contributed by atoms with E-state index in [0.29, 0.717) is 27.7 Å². The van der Waals surface area contributed by atoms with Gasteiger partial charge in [-0.25, -0.2) is 5.06 Å². The van der Waals surface area contributed by atoms with Gasteiger partial charge in [0.05, 0.1) is 7.11 Å². The van der Waals surface area contributed by atoms with E-state index in [1.54, 1.807) is 31.3 Å². The quantitative estimate of drug-likeness (QED) is 0.186. The molecule has 1 aliphatic rings. The smallest absolute Gasteiger partial charge is 0.376 e. The summed E-state index contributed by atoms with van der Waals surface area (Å²) < 4.78 is 64.2. The number of hydroxylamine groups is 2. The van der Waals surface area contributed by atoms with Crippen LogP contribution in [0.1, 0.15) is 24.0 Å². The molecule has 1 saturated carbocycles. The van der Waals surface area contributed by atoms with Crippen molar-refractivity contribution in [3.8, 4) is 5.75 Å². The second-order valence-corrected chi connectivity index (χ2v) is 8.85. The highest BCUT2D eigenvalue weighted by Gasteiger charge is 2.48. The van der Waals surface area contributed by atoms with Crippen LogP contribution in [0.5, 0.6) is 5.75 Å². The predicted octanol–water partition coefficient (Wildman–Crippen LogP) is 4.62. The van der Waals surface area contributed by atoms with Crippen LogP contribution < -0.4 is 4.18 Å².